The zero-order valence-corrected chi connectivity index (χ0v) is 10.9. The highest BCUT2D eigenvalue weighted by molar-refractivity contribution is 5.35. The van der Waals surface area contributed by atoms with Crippen molar-refractivity contribution in [1.29, 1.82) is 0 Å². The molecule has 0 aliphatic rings. The highest BCUT2D eigenvalue weighted by Gasteiger charge is 2.12. The number of rotatable bonds is 7. The summed E-state index contributed by atoms with van der Waals surface area (Å²) in [5.41, 5.74) is 1.08. The summed E-state index contributed by atoms with van der Waals surface area (Å²) in [6.45, 7) is 7.82. The Morgan fingerprint density at radius 3 is 2.83 bits per heavy atom. The van der Waals surface area contributed by atoms with Gasteiger partial charge in [0.05, 0.1) is 4.92 Å². The van der Waals surface area contributed by atoms with E-state index >= 15 is 0 Å². The second-order valence-corrected chi connectivity index (χ2v) is 4.51. The van der Waals surface area contributed by atoms with Gasteiger partial charge in [-0.3, -0.25) is 10.1 Å². The Labute approximate surface area is 108 Å². The van der Waals surface area contributed by atoms with Crippen LogP contribution in [0.25, 0.3) is 0 Å². The first-order valence-corrected chi connectivity index (χ1v) is 6.16. The molecule has 0 radical (unpaired) electrons. The largest absolute Gasteiger partial charge is 0.308 e. The molecule has 0 aromatic heterocycles. The molecule has 0 amide bonds. The summed E-state index contributed by atoms with van der Waals surface area (Å²) in [5.74, 6) is 0. The molecule has 1 N–H and O–H groups in total. The number of hydrogen-bond acceptors (Lipinski definition) is 3. The van der Waals surface area contributed by atoms with Gasteiger partial charge in [-0.1, -0.05) is 18.2 Å². The van der Waals surface area contributed by atoms with E-state index in [0.717, 1.165) is 18.4 Å². The van der Waals surface area contributed by atoms with Gasteiger partial charge in [0.25, 0.3) is 5.69 Å². The second-order valence-electron chi connectivity index (χ2n) is 4.51. The second kappa shape index (κ2) is 6.91. The van der Waals surface area contributed by atoms with Crippen LogP contribution in [0.5, 0.6) is 0 Å². The predicted molar refractivity (Wildman–Crippen MR) is 73.5 cm³/mol. The molecule has 1 rings (SSSR count). The summed E-state index contributed by atoms with van der Waals surface area (Å²) in [5, 5.41) is 14.1. The monoisotopic (exact) mass is 248 g/mol. The molecular formula is C14H20N2O2. The Morgan fingerprint density at radius 2 is 2.22 bits per heavy atom. The zero-order chi connectivity index (χ0) is 13.5. The van der Waals surface area contributed by atoms with Gasteiger partial charge < -0.3 is 5.32 Å². The van der Waals surface area contributed by atoms with E-state index in [1.165, 1.54) is 6.07 Å². The normalized spacial score (nSPS) is 13.9. The van der Waals surface area contributed by atoms with Crippen LogP contribution in [0.1, 0.15) is 38.3 Å². The van der Waals surface area contributed by atoms with Gasteiger partial charge in [-0.15, -0.1) is 6.58 Å². The minimum atomic E-state index is -0.364. The van der Waals surface area contributed by atoms with Crippen molar-refractivity contribution in [2.75, 3.05) is 0 Å². The van der Waals surface area contributed by atoms with E-state index in [0.29, 0.717) is 6.04 Å². The van der Waals surface area contributed by atoms with Crippen LogP contribution in [0.4, 0.5) is 5.69 Å². The number of benzene rings is 1. The summed E-state index contributed by atoms with van der Waals surface area (Å²) < 4.78 is 0. The van der Waals surface area contributed by atoms with Gasteiger partial charge in [0, 0.05) is 24.2 Å². The van der Waals surface area contributed by atoms with E-state index in [1.54, 1.807) is 12.1 Å². The highest BCUT2D eigenvalue weighted by atomic mass is 16.6. The van der Waals surface area contributed by atoms with Gasteiger partial charge in [-0.25, -0.2) is 0 Å². The van der Waals surface area contributed by atoms with Crippen molar-refractivity contribution in [3.05, 3.63) is 52.6 Å². The molecule has 0 heterocycles. The topological polar surface area (TPSA) is 55.2 Å². The molecule has 18 heavy (non-hydrogen) atoms. The van der Waals surface area contributed by atoms with E-state index in [2.05, 4.69) is 18.8 Å². The van der Waals surface area contributed by atoms with Crippen LogP contribution >= 0.6 is 0 Å². The van der Waals surface area contributed by atoms with Crippen molar-refractivity contribution < 1.29 is 4.92 Å². The van der Waals surface area contributed by atoms with Gasteiger partial charge in [0.15, 0.2) is 0 Å². The molecular weight excluding hydrogens is 228 g/mol. The Balaban J connectivity index is 2.65. The number of allylic oxidation sites excluding steroid dienone is 1. The van der Waals surface area contributed by atoms with Crippen LogP contribution in [0.3, 0.4) is 0 Å². The lowest BCUT2D eigenvalue weighted by Gasteiger charge is -2.19. The van der Waals surface area contributed by atoms with Gasteiger partial charge in [0.1, 0.15) is 0 Å². The zero-order valence-electron chi connectivity index (χ0n) is 10.9. The number of non-ortho nitro benzene ring substituents is 1. The smallest absolute Gasteiger partial charge is 0.269 e. The molecule has 1 aromatic rings. The van der Waals surface area contributed by atoms with Gasteiger partial charge in [0.2, 0.25) is 0 Å². The van der Waals surface area contributed by atoms with Crippen molar-refractivity contribution in [2.24, 2.45) is 0 Å². The Kier molecular flexibility index (Phi) is 5.52. The fourth-order valence-corrected chi connectivity index (χ4v) is 1.88. The van der Waals surface area contributed by atoms with Crippen molar-refractivity contribution in [3.63, 3.8) is 0 Å². The maximum atomic E-state index is 10.7. The average Bonchev–Trinajstić information content (AvgIpc) is 2.36. The lowest BCUT2D eigenvalue weighted by Crippen LogP contribution is -2.28. The summed E-state index contributed by atoms with van der Waals surface area (Å²) in [4.78, 5) is 10.3. The lowest BCUT2D eigenvalue weighted by molar-refractivity contribution is -0.384. The molecule has 4 heteroatoms. The van der Waals surface area contributed by atoms with Gasteiger partial charge >= 0.3 is 0 Å². The molecule has 2 unspecified atom stereocenters. The third kappa shape index (κ3) is 4.30. The molecule has 0 aliphatic carbocycles. The van der Waals surface area contributed by atoms with Crippen molar-refractivity contribution >= 4 is 5.69 Å². The summed E-state index contributed by atoms with van der Waals surface area (Å²) in [6.07, 6.45) is 3.88. The molecule has 0 fully saturated rings. The number of nitrogens with zero attached hydrogens (tertiary/aromatic N) is 1. The molecule has 0 aliphatic heterocycles. The molecule has 4 nitrogen and oxygen atoms in total. The minimum Gasteiger partial charge on any atom is -0.308 e. The molecule has 1 aromatic carbocycles. The van der Waals surface area contributed by atoms with Crippen LogP contribution in [-0.2, 0) is 0 Å². The van der Waals surface area contributed by atoms with E-state index in [-0.39, 0.29) is 16.7 Å². The summed E-state index contributed by atoms with van der Waals surface area (Å²) in [7, 11) is 0. The third-order valence-corrected chi connectivity index (χ3v) is 2.92. The lowest BCUT2D eigenvalue weighted by atomic mass is 10.1. The number of hydrogen-bond donors (Lipinski definition) is 1. The Bertz CT molecular complexity index is 418. The number of nitrogens with one attached hydrogen (secondary N) is 1. The number of nitro groups is 1. The molecule has 0 bridgehead atoms. The van der Waals surface area contributed by atoms with Gasteiger partial charge in [-0.2, -0.15) is 0 Å². The average molecular weight is 248 g/mol. The molecule has 0 saturated heterocycles. The van der Waals surface area contributed by atoms with Gasteiger partial charge in [-0.05, 0) is 32.3 Å². The molecule has 2 atom stereocenters. The standard InChI is InChI=1S/C14H20N2O2/c1-4-5-7-11(2)15-12(3)13-8-6-9-14(10-13)16(17)18/h4,6,8-12,15H,1,5,7H2,2-3H3. The summed E-state index contributed by atoms with van der Waals surface area (Å²) in [6, 6.07) is 7.22. The summed E-state index contributed by atoms with van der Waals surface area (Å²) >= 11 is 0. The highest BCUT2D eigenvalue weighted by Crippen LogP contribution is 2.19. The first kappa shape index (κ1) is 14.4. The van der Waals surface area contributed by atoms with Crippen molar-refractivity contribution in [2.45, 2.75) is 38.8 Å². The maximum absolute atomic E-state index is 10.7. The van der Waals surface area contributed by atoms with E-state index in [4.69, 9.17) is 0 Å². The fourth-order valence-electron chi connectivity index (χ4n) is 1.88. The van der Waals surface area contributed by atoms with Crippen molar-refractivity contribution in [1.82, 2.24) is 5.32 Å². The van der Waals surface area contributed by atoms with Crippen LogP contribution in [0.2, 0.25) is 0 Å². The molecule has 0 spiro atoms. The first-order valence-electron chi connectivity index (χ1n) is 6.16. The Hall–Kier alpha value is -1.68. The van der Waals surface area contributed by atoms with Crippen LogP contribution in [-0.4, -0.2) is 11.0 Å². The maximum Gasteiger partial charge on any atom is 0.269 e. The quantitative estimate of drug-likeness (QED) is 0.455. The van der Waals surface area contributed by atoms with Crippen LogP contribution in [0.15, 0.2) is 36.9 Å². The van der Waals surface area contributed by atoms with E-state index in [1.807, 2.05) is 19.1 Å². The SMILES string of the molecule is C=CCCC(C)NC(C)c1cccc([N+](=O)[O-])c1. The first-order chi connectivity index (χ1) is 8.54. The van der Waals surface area contributed by atoms with Crippen LogP contribution < -0.4 is 5.32 Å². The molecule has 98 valence electrons. The molecule has 0 saturated carbocycles. The van der Waals surface area contributed by atoms with Crippen LogP contribution in [0, 0.1) is 10.1 Å². The van der Waals surface area contributed by atoms with Crippen molar-refractivity contribution in [3.8, 4) is 0 Å². The van der Waals surface area contributed by atoms with E-state index < -0.39 is 0 Å². The predicted octanol–water partition coefficient (Wildman–Crippen LogP) is 3.60. The fraction of sp³-hybridized carbons (Fsp3) is 0.429. The van der Waals surface area contributed by atoms with E-state index in [9.17, 15) is 10.1 Å². The number of nitro benzene ring substituents is 1. The Morgan fingerprint density at radius 1 is 1.50 bits per heavy atom. The minimum absolute atomic E-state index is 0.102. The third-order valence-electron chi connectivity index (χ3n) is 2.92.